The third-order valence-electron chi connectivity index (χ3n) is 3.24. The molecule has 1 fully saturated rings. The van der Waals surface area contributed by atoms with Crippen LogP contribution in [0.4, 0.5) is 0 Å². The Morgan fingerprint density at radius 2 is 2.12 bits per heavy atom. The molecule has 2 atom stereocenters. The monoisotopic (exact) mass is 251 g/mol. The zero-order valence-corrected chi connectivity index (χ0v) is 10.9. The predicted molar refractivity (Wildman–Crippen MR) is 61.6 cm³/mol. The molecule has 1 aliphatic rings. The molecule has 2 unspecified atom stereocenters. The van der Waals surface area contributed by atoms with E-state index in [0.717, 1.165) is 0 Å². The maximum Gasteiger partial charge on any atom is 0.214 e. The Balaban J connectivity index is 2.42. The first-order chi connectivity index (χ1) is 7.29. The first kappa shape index (κ1) is 13.9. The van der Waals surface area contributed by atoms with Crippen molar-refractivity contribution < 1.29 is 18.3 Å². The van der Waals surface area contributed by atoms with Crippen molar-refractivity contribution in [3.05, 3.63) is 0 Å². The lowest BCUT2D eigenvalue weighted by Gasteiger charge is -2.49. The Bertz CT molecular complexity index is 326. The van der Waals surface area contributed by atoms with Gasteiger partial charge in [0.15, 0.2) is 0 Å². The van der Waals surface area contributed by atoms with E-state index in [1.54, 1.807) is 0 Å². The molecule has 1 saturated carbocycles. The van der Waals surface area contributed by atoms with Gasteiger partial charge in [0, 0.05) is 18.1 Å². The molecule has 6 heteroatoms. The molecule has 0 amide bonds. The summed E-state index contributed by atoms with van der Waals surface area (Å²) >= 11 is 0. The van der Waals surface area contributed by atoms with E-state index in [-0.39, 0.29) is 23.8 Å². The lowest BCUT2D eigenvalue weighted by molar-refractivity contribution is -0.0645. The Morgan fingerprint density at radius 1 is 1.50 bits per heavy atom. The average Bonchev–Trinajstić information content (AvgIpc) is 2.17. The number of hydrogen-bond acceptors (Lipinski definition) is 4. The smallest absolute Gasteiger partial charge is 0.214 e. The predicted octanol–water partition coefficient (Wildman–Crippen LogP) is 0.102. The minimum absolute atomic E-state index is 0.0243. The van der Waals surface area contributed by atoms with E-state index in [2.05, 4.69) is 4.72 Å². The summed E-state index contributed by atoms with van der Waals surface area (Å²) in [7, 11) is -3.29. The number of aliphatic hydroxyl groups excluding tert-OH is 1. The second-order valence-corrected chi connectivity index (χ2v) is 6.63. The van der Waals surface area contributed by atoms with Crippen LogP contribution >= 0.6 is 0 Å². The number of nitrogens with one attached hydrogen (secondary N) is 1. The van der Waals surface area contributed by atoms with Gasteiger partial charge in [-0.2, -0.15) is 0 Å². The molecule has 2 N–H and O–H groups in total. The van der Waals surface area contributed by atoms with Crippen molar-refractivity contribution in [1.82, 2.24) is 4.72 Å². The molecule has 1 aliphatic carbocycles. The summed E-state index contributed by atoms with van der Waals surface area (Å²) in [6, 6.07) is -0.172. The molecule has 0 aliphatic heterocycles. The summed E-state index contributed by atoms with van der Waals surface area (Å²) in [5, 5.41) is 9.50. The van der Waals surface area contributed by atoms with Crippen LogP contribution in [0, 0.1) is 5.41 Å². The van der Waals surface area contributed by atoms with E-state index >= 15 is 0 Å². The summed E-state index contributed by atoms with van der Waals surface area (Å²) in [6.45, 7) is 6.27. The normalized spacial score (nSPS) is 28.8. The van der Waals surface area contributed by atoms with Crippen LogP contribution in [-0.2, 0) is 14.8 Å². The van der Waals surface area contributed by atoms with Crippen LogP contribution in [0.5, 0.6) is 0 Å². The van der Waals surface area contributed by atoms with Crippen LogP contribution in [0.3, 0.4) is 0 Å². The molecule has 1 rings (SSSR count). The fraction of sp³-hybridized carbons (Fsp3) is 1.00. The van der Waals surface area contributed by atoms with Gasteiger partial charge in [-0.1, -0.05) is 13.8 Å². The highest BCUT2D eigenvalue weighted by molar-refractivity contribution is 7.89. The van der Waals surface area contributed by atoms with Gasteiger partial charge in [-0.15, -0.1) is 0 Å². The maximum atomic E-state index is 11.6. The van der Waals surface area contributed by atoms with E-state index < -0.39 is 16.1 Å². The van der Waals surface area contributed by atoms with Crippen LogP contribution in [0.2, 0.25) is 0 Å². The molecule has 96 valence electrons. The SMILES string of the molecule is CCOCCS(=O)(=O)NC1CC(O)C1(C)C. The van der Waals surface area contributed by atoms with Crippen molar-refractivity contribution in [2.45, 2.75) is 39.3 Å². The molecule has 0 radical (unpaired) electrons. The zero-order chi connectivity index (χ0) is 12.4. The van der Waals surface area contributed by atoms with Crippen molar-refractivity contribution in [1.29, 1.82) is 0 Å². The van der Waals surface area contributed by atoms with E-state index in [1.165, 1.54) is 0 Å². The largest absolute Gasteiger partial charge is 0.392 e. The van der Waals surface area contributed by atoms with Gasteiger partial charge >= 0.3 is 0 Å². The summed E-state index contributed by atoms with van der Waals surface area (Å²) < 4.78 is 30.9. The molecular formula is C10H21NO4S. The Morgan fingerprint density at radius 3 is 2.56 bits per heavy atom. The van der Waals surface area contributed by atoms with Crippen molar-refractivity contribution >= 4 is 10.0 Å². The van der Waals surface area contributed by atoms with Crippen molar-refractivity contribution in [3.8, 4) is 0 Å². The number of hydrogen-bond donors (Lipinski definition) is 2. The van der Waals surface area contributed by atoms with E-state index in [4.69, 9.17) is 4.74 Å². The highest BCUT2D eigenvalue weighted by atomic mass is 32.2. The molecule has 0 aromatic carbocycles. The standard InChI is InChI=1S/C10H21NO4S/c1-4-15-5-6-16(13,14)11-8-7-9(12)10(8,2)3/h8-9,11-12H,4-7H2,1-3H3. The van der Waals surface area contributed by atoms with Crippen LogP contribution in [0.25, 0.3) is 0 Å². The van der Waals surface area contributed by atoms with Gasteiger partial charge in [-0.3, -0.25) is 0 Å². The molecule has 0 spiro atoms. The lowest BCUT2D eigenvalue weighted by Crippen LogP contribution is -2.61. The summed E-state index contributed by atoms with van der Waals surface area (Å²) in [5.41, 5.74) is -0.376. The number of aliphatic hydroxyl groups is 1. The van der Waals surface area contributed by atoms with E-state index in [1.807, 2.05) is 20.8 Å². The van der Waals surface area contributed by atoms with Crippen molar-refractivity contribution in [2.75, 3.05) is 19.0 Å². The quantitative estimate of drug-likeness (QED) is 0.657. The average molecular weight is 251 g/mol. The molecule has 0 aromatic heterocycles. The lowest BCUT2D eigenvalue weighted by atomic mass is 9.65. The second kappa shape index (κ2) is 5.00. The summed E-state index contributed by atoms with van der Waals surface area (Å²) in [4.78, 5) is 0. The number of sulfonamides is 1. The molecule has 0 saturated heterocycles. The summed E-state index contributed by atoms with van der Waals surface area (Å²) in [6.07, 6.45) is 0.0630. The van der Waals surface area contributed by atoms with E-state index in [0.29, 0.717) is 13.0 Å². The number of ether oxygens (including phenoxy) is 1. The van der Waals surface area contributed by atoms with Gasteiger partial charge in [0.25, 0.3) is 0 Å². The van der Waals surface area contributed by atoms with Gasteiger partial charge in [0.1, 0.15) is 0 Å². The maximum absolute atomic E-state index is 11.6. The Hall–Kier alpha value is -0.170. The molecule has 16 heavy (non-hydrogen) atoms. The van der Waals surface area contributed by atoms with Gasteiger partial charge in [0.2, 0.25) is 10.0 Å². The third kappa shape index (κ3) is 3.16. The van der Waals surface area contributed by atoms with Gasteiger partial charge in [-0.05, 0) is 13.3 Å². The van der Waals surface area contributed by atoms with Gasteiger partial charge < -0.3 is 9.84 Å². The Labute approximate surface area is 97.2 Å². The van der Waals surface area contributed by atoms with Crippen molar-refractivity contribution in [2.24, 2.45) is 5.41 Å². The van der Waals surface area contributed by atoms with Crippen LogP contribution in [-0.4, -0.2) is 44.6 Å². The Kier molecular flexibility index (Phi) is 4.34. The molecule has 0 bridgehead atoms. The second-order valence-electron chi connectivity index (χ2n) is 4.76. The van der Waals surface area contributed by atoms with Gasteiger partial charge in [0.05, 0.1) is 18.5 Å². The van der Waals surface area contributed by atoms with Crippen LogP contribution in [0.15, 0.2) is 0 Å². The topological polar surface area (TPSA) is 75.6 Å². The molecule has 5 nitrogen and oxygen atoms in total. The molecule has 0 heterocycles. The van der Waals surface area contributed by atoms with Gasteiger partial charge in [-0.25, -0.2) is 13.1 Å². The highest BCUT2D eigenvalue weighted by Crippen LogP contribution is 2.40. The van der Waals surface area contributed by atoms with Crippen LogP contribution in [0.1, 0.15) is 27.2 Å². The first-order valence-corrected chi connectivity index (χ1v) is 7.20. The van der Waals surface area contributed by atoms with Crippen LogP contribution < -0.4 is 4.72 Å². The summed E-state index contributed by atoms with van der Waals surface area (Å²) in [5.74, 6) is -0.0243. The molecular weight excluding hydrogens is 230 g/mol. The fourth-order valence-corrected chi connectivity index (χ4v) is 2.98. The third-order valence-corrected chi connectivity index (χ3v) is 4.59. The molecule has 0 aromatic rings. The fourth-order valence-electron chi connectivity index (χ4n) is 1.69. The van der Waals surface area contributed by atoms with E-state index in [9.17, 15) is 13.5 Å². The zero-order valence-electron chi connectivity index (χ0n) is 10.1. The minimum Gasteiger partial charge on any atom is -0.392 e. The first-order valence-electron chi connectivity index (χ1n) is 5.55. The van der Waals surface area contributed by atoms with Crippen molar-refractivity contribution in [3.63, 3.8) is 0 Å². The number of rotatable bonds is 6. The highest BCUT2D eigenvalue weighted by Gasteiger charge is 2.48. The minimum atomic E-state index is -3.29.